The van der Waals surface area contributed by atoms with Crippen molar-refractivity contribution in [2.75, 3.05) is 38.1 Å². The minimum absolute atomic E-state index is 0.118. The monoisotopic (exact) mass is 469 g/mol. The lowest BCUT2D eigenvalue weighted by Gasteiger charge is -2.27. The molecule has 1 heterocycles. The van der Waals surface area contributed by atoms with Crippen LogP contribution in [0.1, 0.15) is 10.4 Å². The van der Waals surface area contributed by atoms with Crippen LogP contribution in [0.5, 0.6) is 5.75 Å². The number of nitrogens with one attached hydrogen (secondary N) is 2. The van der Waals surface area contributed by atoms with Crippen LogP contribution >= 0.6 is 15.9 Å². The van der Waals surface area contributed by atoms with E-state index in [4.69, 9.17) is 9.47 Å². The highest BCUT2D eigenvalue weighted by Crippen LogP contribution is 2.27. The van der Waals surface area contributed by atoms with Crippen molar-refractivity contribution < 1.29 is 22.7 Å². The Morgan fingerprint density at radius 1 is 1.14 bits per heavy atom. The summed E-state index contributed by atoms with van der Waals surface area (Å²) >= 11 is 3.31. The zero-order valence-electron chi connectivity index (χ0n) is 15.1. The van der Waals surface area contributed by atoms with Gasteiger partial charge in [-0.15, -0.1) is 0 Å². The summed E-state index contributed by atoms with van der Waals surface area (Å²) in [6, 6.07) is 11.0. The van der Waals surface area contributed by atoms with Crippen LogP contribution in [-0.4, -0.2) is 52.7 Å². The van der Waals surface area contributed by atoms with E-state index in [0.29, 0.717) is 32.0 Å². The minimum Gasteiger partial charge on any atom is -0.495 e. The van der Waals surface area contributed by atoms with E-state index in [-0.39, 0.29) is 16.2 Å². The molecule has 8 nitrogen and oxygen atoms in total. The van der Waals surface area contributed by atoms with Gasteiger partial charge in [-0.05, 0) is 42.5 Å². The number of anilines is 1. The topological polar surface area (TPSA) is 97.0 Å². The molecule has 3 rings (SSSR count). The van der Waals surface area contributed by atoms with E-state index in [2.05, 4.69) is 26.1 Å². The molecule has 0 radical (unpaired) electrons. The third-order valence-corrected chi connectivity index (χ3v) is 6.01. The summed E-state index contributed by atoms with van der Waals surface area (Å²) in [5.74, 6) is -0.253. The molecule has 10 heteroatoms. The smallest absolute Gasteiger partial charge is 0.265 e. The second kappa shape index (κ2) is 8.91. The number of benzene rings is 2. The molecule has 2 N–H and O–H groups in total. The third kappa shape index (κ3) is 5.02. The zero-order valence-corrected chi connectivity index (χ0v) is 17.5. The molecule has 150 valence electrons. The van der Waals surface area contributed by atoms with Crippen LogP contribution in [-0.2, 0) is 14.8 Å². The number of hydrogen-bond donors (Lipinski definition) is 2. The molecule has 2 aromatic rings. The van der Waals surface area contributed by atoms with Gasteiger partial charge < -0.3 is 9.47 Å². The van der Waals surface area contributed by atoms with E-state index in [1.807, 2.05) is 0 Å². The first-order valence-electron chi connectivity index (χ1n) is 8.49. The van der Waals surface area contributed by atoms with Crippen LogP contribution in [0.3, 0.4) is 0 Å². The Bertz CT molecular complexity index is 944. The minimum atomic E-state index is -3.96. The van der Waals surface area contributed by atoms with Gasteiger partial charge in [0.15, 0.2) is 0 Å². The fourth-order valence-corrected chi connectivity index (χ4v) is 4.16. The van der Waals surface area contributed by atoms with Crippen molar-refractivity contribution in [2.24, 2.45) is 0 Å². The number of carbonyl (C=O) groups excluding carboxylic acids is 1. The van der Waals surface area contributed by atoms with Crippen molar-refractivity contribution in [1.29, 1.82) is 0 Å². The average Bonchev–Trinajstić information content (AvgIpc) is 2.70. The van der Waals surface area contributed by atoms with Crippen LogP contribution in [0.2, 0.25) is 0 Å². The second-order valence-corrected chi connectivity index (χ2v) is 8.58. The summed E-state index contributed by atoms with van der Waals surface area (Å²) < 4.78 is 39.5. The van der Waals surface area contributed by atoms with E-state index in [1.165, 1.54) is 25.3 Å². The van der Waals surface area contributed by atoms with Crippen molar-refractivity contribution in [3.63, 3.8) is 0 Å². The van der Waals surface area contributed by atoms with Crippen LogP contribution in [0, 0.1) is 0 Å². The second-order valence-electron chi connectivity index (χ2n) is 6.02. The molecule has 28 heavy (non-hydrogen) atoms. The lowest BCUT2D eigenvalue weighted by molar-refractivity contribution is 0.0126. The average molecular weight is 470 g/mol. The Morgan fingerprint density at radius 2 is 1.82 bits per heavy atom. The van der Waals surface area contributed by atoms with Crippen molar-refractivity contribution in [1.82, 2.24) is 10.4 Å². The van der Waals surface area contributed by atoms with E-state index in [1.54, 1.807) is 29.3 Å². The molecule has 0 bridgehead atoms. The summed E-state index contributed by atoms with van der Waals surface area (Å²) in [5.41, 5.74) is 3.37. The summed E-state index contributed by atoms with van der Waals surface area (Å²) in [5, 5.41) is 1.74. The van der Waals surface area contributed by atoms with Gasteiger partial charge >= 0.3 is 0 Å². The Morgan fingerprint density at radius 3 is 2.46 bits per heavy atom. The molecule has 0 atom stereocenters. The molecular weight excluding hydrogens is 450 g/mol. The fraction of sp³-hybridized carbons (Fsp3) is 0.278. The first kappa shape index (κ1) is 20.6. The predicted molar refractivity (Wildman–Crippen MR) is 108 cm³/mol. The van der Waals surface area contributed by atoms with Crippen molar-refractivity contribution in [3.05, 3.63) is 52.5 Å². The van der Waals surface area contributed by atoms with Crippen LogP contribution in [0.25, 0.3) is 0 Å². The lowest BCUT2D eigenvalue weighted by Crippen LogP contribution is -2.48. The zero-order chi connectivity index (χ0) is 20.1. The number of morpholine rings is 1. The van der Waals surface area contributed by atoms with Crippen LogP contribution in [0.15, 0.2) is 51.8 Å². The highest BCUT2D eigenvalue weighted by molar-refractivity contribution is 9.10. The number of sulfonamides is 1. The number of methoxy groups -OCH3 is 1. The molecule has 0 aromatic heterocycles. The first-order chi connectivity index (χ1) is 13.4. The maximum atomic E-state index is 12.9. The molecule has 0 spiro atoms. The number of nitrogens with zero attached hydrogens (tertiary/aromatic N) is 1. The van der Waals surface area contributed by atoms with Gasteiger partial charge in [0.1, 0.15) is 10.6 Å². The van der Waals surface area contributed by atoms with Gasteiger partial charge in [0.25, 0.3) is 15.9 Å². The maximum Gasteiger partial charge on any atom is 0.265 e. The third-order valence-electron chi connectivity index (χ3n) is 4.08. The predicted octanol–water partition coefficient (Wildman–Crippen LogP) is 2.24. The Balaban J connectivity index is 1.85. The molecule has 2 aromatic carbocycles. The largest absolute Gasteiger partial charge is 0.495 e. The molecule has 0 saturated carbocycles. The number of ether oxygens (including phenoxy) is 2. The van der Waals surface area contributed by atoms with E-state index < -0.39 is 15.9 Å². The summed E-state index contributed by atoms with van der Waals surface area (Å²) in [6.45, 7) is 2.19. The van der Waals surface area contributed by atoms with Gasteiger partial charge in [0.05, 0.1) is 20.3 Å². The van der Waals surface area contributed by atoms with Gasteiger partial charge in [0.2, 0.25) is 0 Å². The van der Waals surface area contributed by atoms with Crippen molar-refractivity contribution >= 4 is 37.5 Å². The Kier molecular flexibility index (Phi) is 6.55. The number of amides is 1. The number of halogens is 1. The van der Waals surface area contributed by atoms with E-state index in [0.717, 1.165) is 4.47 Å². The first-order valence-corrected chi connectivity index (χ1v) is 10.8. The normalized spacial score (nSPS) is 15.1. The van der Waals surface area contributed by atoms with E-state index in [9.17, 15) is 13.2 Å². The highest BCUT2D eigenvalue weighted by atomic mass is 79.9. The Hall–Kier alpha value is -2.14. The van der Waals surface area contributed by atoms with Gasteiger partial charge in [0, 0.05) is 28.8 Å². The van der Waals surface area contributed by atoms with Crippen molar-refractivity contribution in [2.45, 2.75) is 4.90 Å². The summed E-state index contributed by atoms with van der Waals surface area (Å²) in [6.07, 6.45) is 0. The number of hydrogen-bond acceptors (Lipinski definition) is 6. The number of rotatable bonds is 6. The maximum absolute atomic E-state index is 12.9. The molecular formula is C18H20BrN3O5S. The van der Waals surface area contributed by atoms with Gasteiger partial charge in [-0.25, -0.2) is 13.4 Å². The van der Waals surface area contributed by atoms with Gasteiger partial charge in [-0.3, -0.25) is 14.9 Å². The Labute approximate surface area is 172 Å². The quantitative estimate of drug-likeness (QED) is 0.673. The standard InChI is InChI=1S/C18H20BrN3O5S/c1-26-16-7-2-13(18(23)20-22-8-10-27-11-9-22)12-17(16)28(24,25)21-15-5-3-14(19)4-6-15/h2-7,12,21H,8-11H2,1H3,(H,20,23). The van der Waals surface area contributed by atoms with Crippen LogP contribution in [0.4, 0.5) is 5.69 Å². The molecule has 1 aliphatic rings. The molecule has 0 aliphatic carbocycles. The summed E-state index contributed by atoms with van der Waals surface area (Å²) in [7, 11) is -2.59. The van der Waals surface area contributed by atoms with Gasteiger partial charge in [-0.1, -0.05) is 15.9 Å². The number of carbonyl (C=O) groups is 1. The number of hydrazine groups is 1. The molecule has 1 aliphatic heterocycles. The van der Waals surface area contributed by atoms with Gasteiger partial charge in [-0.2, -0.15) is 0 Å². The highest BCUT2D eigenvalue weighted by Gasteiger charge is 2.23. The van der Waals surface area contributed by atoms with Crippen molar-refractivity contribution in [3.8, 4) is 5.75 Å². The molecule has 1 fully saturated rings. The molecule has 0 unspecified atom stereocenters. The summed E-state index contributed by atoms with van der Waals surface area (Å²) in [4.78, 5) is 12.4. The SMILES string of the molecule is COc1ccc(C(=O)NN2CCOCC2)cc1S(=O)(=O)Nc1ccc(Br)cc1. The molecule has 1 amide bonds. The fourth-order valence-electron chi connectivity index (χ4n) is 2.64. The van der Waals surface area contributed by atoms with E-state index >= 15 is 0 Å². The van der Waals surface area contributed by atoms with Crippen LogP contribution < -0.4 is 14.9 Å². The lowest BCUT2D eigenvalue weighted by atomic mass is 10.2. The molecule has 1 saturated heterocycles.